The zero-order valence-corrected chi connectivity index (χ0v) is 15.4. The number of nitrogens with zero attached hydrogens (tertiary/aromatic N) is 1. The molecule has 9 heteroatoms. The molecule has 0 fully saturated rings. The van der Waals surface area contributed by atoms with Crippen molar-refractivity contribution in [1.29, 1.82) is 0 Å². The summed E-state index contributed by atoms with van der Waals surface area (Å²) in [6, 6.07) is 8.23. The molecule has 27 heavy (non-hydrogen) atoms. The molecule has 0 bridgehead atoms. The van der Waals surface area contributed by atoms with Gasteiger partial charge in [0.05, 0.1) is 15.6 Å². The van der Waals surface area contributed by atoms with E-state index in [0.29, 0.717) is 0 Å². The van der Waals surface area contributed by atoms with Crippen LogP contribution < -0.4 is 5.32 Å². The summed E-state index contributed by atoms with van der Waals surface area (Å²) >= 11 is 11.9. The van der Waals surface area contributed by atoms with E-state index in [1.54, 1.807) is 0 Å². The summed E-state index contributed by atoms with van der Waals surface area (Å²) in [6.45, 7) is 1.13. The molecular weight excluding hydrogens is 401 g/mol. The lowest BCUT2D eigenvalue weighted by Crippen LogP contribution is -2.15. The van der Waals surface area contributed by atoms with Gasteiger partial charge in [0.1, 0.15) is 29.6 Å². The second-order valence-electron chi connectivity index (χ2n) is 5.46. The number of amides is 1. The first kappa shape index (κ1) is 19.1. The Kier molecular flexibility index (Phi) is 5.62. The molecule has 5 nitrogen and oxygen atoms in total. The first-order chi connectivity index (χ1) is 12.9. The molecule has 1 N–H and O–H groups in total. The van der Waals surface area contributed by atoms with E-state index in [2.05, 4.69) is 10.5 Å². The van der Waals surface area contributed by atoms with Gasteiger partial charge in [-0.15, -0.1) is 0 Å². The van der Waals surface area contributed by atoms with Crippen molar-refractivity contribution < 1.29 is 22.8 Å². The Hall–Kier alpha value is -2.64. The number of hydrogen-bond acceptors (Lipinski definition) is 4. The van der Waals surface area contributed by atoms with Crippen LogP contribution in [0.25, 0.3) is 11.3 Å². The largest absolute Gasteiger partial charge is 0.444 e. The number of aromatic nitrogens is 1. The molecule has 0 unspecified atom stereocenters. The average Bonchev–Trinajstić information content (AvgIpc) is 2.95. The number of hydrogen-bond donors (Lipinski definition) is 1. The molecular formula is C18H12Cl2F2N2O3. The minimum Gasteiger partial charge on any atom is -0.444 e. The fraction of sp³-hybridized carbons (Fsp3) is 0.111. The molecule has 0 saturated carbocycles. The van der Waals surface area contributed by atoms with E-state index in [1.165, 1.54) is 43.3 Å². The summed E-state index contributed by atoms with van der Waals surface area (Å²) in [5.74, 6) is -1.02. The van der Waals surface area contributed by atoms with Crippen molar-refractivity contribution in [2.45, 2.75) is 13.5 Å². The molecule has 0 aliphatic heterocycles. The molecule has 1 aromatic heterocycles. The van der Waals surface area contributed by atoms with Gasteiger partial charge in [0.15, 0.2) is 5.76 Å². The fourth-order valence-corrected chi connectivity index (χ4v) is 2.83. The molecule has 1 amide bonds. The Labute approximate surface area is 162 Å². The van der Waals surface area contributed by atoms with Crippen molar-refractivity contribution in [1.82, 2.24) is 5.16 Å². The molecule has 0 atom stereocenters. The average molecular weight is 413 g/mol. The number of halogens is 4. The maximum Gasteiger partial charge on any atom is 0.412 e. The number of ether oxygens (including phenoxy) is 1. The highest BCUT2D eigenvalue weighted by atomic mass is 35.5. The summed E-state index contributed by atoms with van der Waals surface area (Å²) < 4.78 is 37.9. The van der Waals surface area contributed by atoms with Crippen LogP contribution in [-0.4, -0.2) is 11.2 Å². The summed E-state index contributed by atoms with van der Waals surface area (Å²) in [5.41, 5.74) is 0.111. The third-order valence-corrected chi connectivity index (χ3v) is 4.37. The van der Waals surface area contributed by atoms with Crippen molar-refractivity contribution in [2.24, 2.45) is 0 Å². The van der Waals surface area contributed by atoms with Crippen molar-refractivity contribution in [3.8, 4) is 11.3 Å². The van der Waals surface area contributed by atoms with Crippen LogP contribution in [0.15, 0.2) is 40.9 Å². The van der Waals surface area contributed by atoms with Crippen LogP contribution in [0.1, 0.15) is 11.3 Å². The van der Waals surface area contributed by atoms with Gasteiger partial charge in [-0.2, -0.15) is 0 Å². The lowest BCUT2D eigenvalue weighted by atomic mass is 10.1. The zero-order valence-electron chi connectivity index (χ0n) is 13.9. The van der Waals surface area contributed by atoms with Crippen LogP contribution in [0.5, 0.6) is 0 Å². The van der Waals surface area contributed by atoms with Gasteiger partial charge in [-0.3, -0.25) is 5.32 Å². The zero-order chi connectivity index (χ0) is 19.6. The molecule has 140 valence electrons. The molecule has 0 saturated heterocycles. The van der Waals surface area contributed by atoms with E-state index in [4.69, 9.17) is 32.5 Å². The van der Waals surface area contributed by atoms with Gasteiger partial charge in [-0.05, 0) is 31.2 Å². The number of rotatable bonds is 4. The van der Waals surface area contributed by atoms with Gasteiger partial charge >= 0.3 is 6.09 Å². The van der Waals surface area contributed by atoms with Crippen LogP contribution in [0, 0.1) is 18.6 Å². The first-order valence-corrected chi connectivity index (χ1v) is 8.41. The highest BCUT2D eigenvalue weighted by molar-refractivity contribution is 6.33. The second kappa shape index (κ2) is 7.94. The molecule has 0 aliphatic rings. The lowest BCUT2D eigenvalue weighted by molar-refractivity contribution is 0.153. The van der Waals surface area contributed by atoms with Crippen molar-refractivity contribution >= 4 is 35.0 Å². The number of nitrogens with one attached hydrogen (secondary N) is 1. The normalized spacial score (nSPS) is 10.7. The molecule has 2 aromatic carbocycles. The Morgan fingerprint density at radius 3 is 2.48 bits per heavy atom. The van der Waals surface area contributed by atoms with E-state index in [9.17, 15) is 13.6 Å². The van der Waals surface area contributed by atoms with E-state index < -0.39 is 24.3 Å². The third kappa shape index (κ3) is 4.04. The van der Waals surface area contributed by atoms with E-state index in [1.807, 2.05) is 0 Å². The van der Waals surface area contributed by atoms with Crippen LogP contribution in [0.3, 0.4) is 0 Å². The maximum atomic E-state index is 14.2. The summed E-state index contributed by atoms with van der Waals surface area (Å²) in [6.07, 6.45) is -0.922. The maximum absolute atomic E-state index is 14.2. The molecule has 1 heterocycles. The number of carbonyl (C=O) groups is 1. The second-order valence-corrected chi connectivity index (χ2v) is 6.27. The van der Waals surface area contributed by atoms with Gasteiger partial charge < -0.3 is 9.26 Å². The van der Waals surface area contributed by atoms with Crippen molar-refractivity contribution in [3.05, 3.63) is 69.4 Å². The minimum atomic E-state index is -0.922. The molecule has 3 aromatic rings. The first-order valence-electron chi connectivity index (χ1n) is 7.65. The van der Waals surface area contributed by atoms with E-state index >= 15 is 0 Å². The monoisotopic (exact) mass is 412 g/mol. The Bertz CT molecular complexity index is 968. The van der Waals surface area contributed by atoms with Crippen LogP contribution in [-0.2, 0) is 11.3 Å². The predicted octanol–water partition coefficient (Wildman–Crippen LogP) is 5.98. The minimum absolute atomic E-state index is 0.0106. The van der Waals surface area contributed by atoms with Gasteiger partial charge in [0.25, 0.3) is 0 Å². The summed E-state index contributed by atoms with van der Waals surface area (Å²) in [7, 11) is 0. The van der Waals surface area contributed by atoms with Gasteiger partial charge in [-0.1, -0.05) is 40.5 Å². The number of aryl methyl sites for hydroxylation is 1. The van der Waals surface area contributed by atoms with Gasteiger partial charge in [0, 0.05) is 5.56 Å². The van der Waals surface area contributed by atoms with Crippen molar-refractivity contribution in [3.63, 3.8) is 0 Å². The molecule has 3 rings (SSSR count). The number of carbonyl (C=O) groups excluding carboxylic acids is 1. The van der Waals surface area contributed by atoms with Crippen LogP contribution >= 0.6 is 23.2 Å². The Morgan fingerprint density at radius 1 is 1.15 bits per heavy atom. The summed E-state index contributed by atoms with van der Waals surface area (Å²) in [4.78, 5) is 12.1. The fourth-order valence-electron chi connectivity index (χ4n) is 2.36. The van der Waals surface area contributed by atoms with Crippen molar-refractivity contribution in [2.75, 3.05) is 5.32 Å². The predicted molar refractivity (Wildman–Crippen MR) is 96.9 cm³/mol. The number of anilines is 1. The Morgan fingerprint density at radius 2 is 1.81 bits per heavy atom. The Balaban J connectivity index is 1.80. The standard InChI is InChI=1S/C18H12Cl2F2N2O3/c1-9-16(17(24-27-9)15-12(20)5-3-7-14(15)22)23-18(25)26-8-10-11(19)4-2-6-13(10)21/h2-7H,8H2,1H3,(H,23,25). The van der Waals surface area contributed by atoms with Crippen LogP contribution in [0.2, 0.25) is 10.0 Å². The van der Waals surface area contributed by atoms with Gasteiger partial charge in [-0.25, -0.2) is 13.6 Å². The third-order valence-electron chi connectivity index (χ3n) is 3.70. The number of benzene rings is 2. The topological polar surface area (TPSA) is 64.4 Å². The quantitative estimate of drug-likeness (QED) is 0.571. The SMILES string of the molecule is Cc1onc(-c2c(F)cccc2Cl)c1NC(=O)OCc1c(F)cccc1Cl. The highest BCUT2D eigenvalue weighted by Gasteiger charge is 2.22. The lowest BCUT2D eigenvalue weighted by Gasteiger charge is -2.10. The highest BCUT2D eigenvalue weighted by Crippen LogP contribution is 2.36. The summed E-state index contributed by atoms with van der Waals surface area (Å²) in [5, 5.41) is 6.39. The molecule has 0 radical (unpaired) electrons. The molecule has 0 spiro atoms. The van der Waals surface area contributed by atoms with E-state index in [-0.39, 0.29) is 38.3 Å². The molecule has 0 aliphatic carbocycles. The van der Waals surface area contributed by atoms with E-state index in [0.717, 1.165) is 0 Å². The smallest absolute Gasteiger partial charge is 0.412 e. The van der Waals surface area contributed by atoms with Crippen LogP contribution in [0.4, 0.5) is 19.3 Å². The van der Waals surface area contributed by atoms with Gasteiger partial charge in [0.2, 0.25) is 0 Å².